The van der Waals surface area contributed by atoms with Crippen LogP contribution in [0, 0.1) is 17.7 Å². The van der Waals surface area contributed by atoms with Crippen molar-refractivity contribution in [2.75, 3.05) is 6.54 Å². The van der Waals surface area contributed by atoms with Gasteiger partial charge in [0.2, 0.25) is 0 Å². The van der Waals surface area contributed by atoms with Gasteiger partial charge in [0.25, 0.3) is 0 Å². The van der Waals surface area contributed by atoms with Gasteiger partial charge in [0.05, 0.1) is 0 Å². The lowest BCUT2D eigenvalue weighted by molar-refractivity contribution is 0.209. The molecule has 0 radical (unpaired) electrons. The second-order valence-corrected chi connectivity index (χ2v) is 7.15. The minimum absolute atomic E-state index is 0.171. The Bertz CT molecular complexity index is 449. The number of hydrogen-bond donors (Lipinski definition) is 1. The van der Waals surface area contributed by atoms with E-state index in [9.17, 15) is 4.39 Å². The molecule has 1 aliphatic rings. The van der Waals surface area contributed by atoms with E-state index in [1.54, 1.807) is 12.1 Å². The van der Waals surface area contributed by atoms with Crippen molar-refractivity contribution in [2.45, 2.75) is 58.4 Å². The third kappa shape index (κ3) is 4.53. The van der Waals surface area contributed by atoms with Crippen molar-refractivity contribution >= 4 is 15.9 Å². The monoisotopic (exact) mass is 355 g/mol. The number of benzene rings is 1. The lowest BCUT2D eigenvalue weighted by atomic mass is 9.75. The average Bonchev–Trinajstić information content (AvgIpc) is 2.49. The first kappa shape index (κ1) is 17.0. The molecule has 3 heteroatoms. The van der Waals surface area contributed by atoms with Crippen LogP contribution in [-0.2, 0) is 0 Å². The summed E-state index contributed by atoms with van der Waals surface area (Å²) in [7, 11) is 0. The van der Waals surface area contributed by atoms with Gasteiger partial charge in [0, 0.05) is 10.5 Å². The van der Waals surface area contributed by atoms with Gasteiger partial charge in [0.1, 0.15) is 5.82 Å². The summed E-state index contributed by atoms with van der Waals surface area (Å²) in [5.41, 5.74) is 1.21. The molecule has 1 N–H and O–H groups in total. The molecule has 0 aromatic heterocycles. The zero-order valence-corrected chi connectivity index (χ0v) is 14.8. The Labute approximate surface area is 136 Å². The summed E-state index contributed by atoms with van der Waals surface area (Å²) in [6.45, 7) is 5.51. The van der Waals surface area contributed by atoms with Crippen LogP contribution in [0.3, 0.4) is 0 Å². The summed E-state index contributed by atoms with van der Waals surface area (Å²) < 4.78 is 14.3. The Morgan fingerprint density at radius 3 is 2.81 bits per heavy atom. The van der Waals surface area contributed by atoms with Gasteiger partial charge in [-0.3, -0.25) is 0 Å². The molecule has 0 saturated heterocycles. The fraction of sp³-hybridized carbons (Fsp3) is 0.667. The second-order valence-electron chi connectivity index (χ2n) is 6.30. The summed E-state index contributed by atoms with van der Waals surface area (Å²) in [5.74, 6) is 1.35. The lowest BCUT2D eigenvalue weighted by Gasteiger charge is -2.35. The summed E-state index contributed by atoms with van der Waals surface area (Å²) in [6.07, 6.45) is 7.68. The van der Waals surface area contributed by atoms with Crippen LogP contribution in [0.25, 0.3) is 0 Å². The minimum atomic E-state index is -0.171. The zero-order valence-electron chi connectivity index (χ0n) is 13.2. The van der Waals surface area contributed by atoms with Gasteiger partial charge in [-0.15, -0.1) is 0 Å². The van der Waals surface area contributed by atoms with E-state index in [1.807, 2.05) is 6.07 Å². The first-order chi connectivity index (χ1) is 10.2. The molecule has 1 aromatic rings. The Morgan fingerprint density at radius 1 is 1.33 bits per heavy atom. The standard InChI is InChI=1S/C18H27BrFN/c1-3-10-21-18(14-7-5-6-13(4-2)11-14)16-9-8-15(20)12-17(16)19/h8-9,12-14,18,21H,3-7,10-11H2,1-2H3. The fourth-order valence-corrected chi connectivity index (χ4v) is 4.19. The maximum atomic E-state index is 13.4. The molecule has 1 fully saturated rings. The van der Waals surface area contributed by atoms with Gasteiger partial charge in [-0.2, -0.15) is 0 Å². The van der Waals surface area contributed by atoms with Crippen LogP contribution in [-0.4, -0.2) is 6.54 Å². The summed E-state index contributed by atoms with van der Waals surface area (Å²) in [5, 5.41) is 3.71. The van der Waals surface area contributed by atoms with E-state index in [4.69, 9.17) is 0 Å². The number of halogens is 2. The normalized spacial score (nSPS) is 24.0. The van der Waals surface area contributed by atoms with Crippen molar-refractivity contribution < 1.29 is 4.39 Å². The van der Waals surface area contributed by atoms with Crippen molar-refractivity contribution in [3.05, 3.63) is 34.1 Å². The van der Waals surface area contributed by atoms with Crippen LogP contribution in [0.15, 0.2) is 22.7 Å². The highest BCUT2D eigenvalue weighted by atomic mass is 79.9. The first-order valence-electron chi connectivity index (χ1n) is 8.34. The zero-order chi connectivity index (χ0) is 15.2. The maximum absolute atomic E-state index is 13.4. The summed E-state index contributed by atoms with van der Waals surface area (Å²) in [4.78, 5) is 0. The molecule has 1 aromatic carbocycles. The van der Waals surface area contributed by atoms with E-state index >= 15 is 0 Å². The van der Waals surface area contributed by atoms with E-state index in [0.29, 0.717) is 12.0 Å². The maximum Gasteiger partial charge on any atom is 0.124 e. The van der Waals surface area contributed by atoms with Gasteiger partial charge >= 0.3 is 0 Å². The molecule has 21 heavy (non-hydrogen) atoms. The minimum Gasteiger partial charge on any atom is -0.310 e. The van der Waals surface area contributed by atoms with E-state index < -0.39 is 0 Å². The SMILES string of the molecule is CCCNC(c1ccc(F)cc1Br)C1CCCC(CC)C1. The van der Waals surface area contributed by atoms with Gasteiger partial charge in [-0.1, -0.05) is 55.1 Å². The molecule has 2 rings (SSSR count). The Balaban J connectivity index is 2.20. The molecular weight excluding hydrogens is 329 g/mol. The molecule has 0 aliphatic heterocycles. The van der Waals surface area contributed by atoms with Crippen LogP contribution in [0.2, 0.25) is 0 Å². The van der Waals surface area contributed by atoms with Crippen molar-refractivity contribution in [1.82, 2.24) is 5.32 Å². The van der Waals surface area contributed by atoms with Gasteiger partial charge < -0.3 is 5.32 Å². The largest absolute Gasteiger partial charge is 0.310 e. The topological polar surface area (TPSA) is 12.0 Å². The molecule has 0 heterocycles. The average molecular weight is 356 g/mol. The highest BCUT2D eigenvalue weighted by Gasteiger charge is 2.29. The van der Waals surface area contributed by atoms with Crippen LogP contribution in [0.1, 0.15) is 64.0 Å². The third-order valence-corrected chi connectivity index (χ3v) is 5.47. The van der Waals surface area contributed by atoms with Crippen LogP contribution in [0.4, 0.5) is 4.39 Å². The van der Waals surface area contributed by atoms with Crippen molar-refractivity contribution in [3.63, 3.8) is 0 Å². The highest BCUT2D eigenvalue weighted by Crippen LogP contribution is 2.40. The summed E-state index contributed by atoms with van der Waals surface area (Å²) >= 11 is 3.56. The Hall–Kier alpha value is -0.410. The van der Waals surface area contributed by atoms with Crippen LogP contribution in [0.5, 0.6) is 0 Å². The van der Waals surface area contributed by atoms with E-state index in [-0.39, 0.29) is 5.82 Å². The molecular formula is C18H27BrFN. The van der Waals surface area contributed by atoms with Crippen molar-refractivity contribution in [3.8, 4) is 0 Å². The first-order valence-corrected chi connectivity index (χ1v) is 9.13. The molecule has 3 unspecified atom stereocenters. The predicted molar refractivity (Wildman–Crippen MR) is 90.9 cm³/mol. The fourth-order valence-electron chi connectivity index (χ4n) is 3.59. The van der Waals surface area contributed by atoms with E-state index in [0.717, 1.165) is 23.4 Å². The van der Waals surface area contributed by atoms with E-state index in [1.165, 1.54) is 37.7 Å². The van der Waals surface area contributed by atoms with Crippen molar-refractivity contribution in [2.24, 2.45) is 11.8 Å². The molecule has 0 bridgehead atoms. The van der Waals surface area contributed by atoms with Gasteiger partial charge in [-0.05, 0) is 55.3 Å². The number of rotatable bonds is 6. The lowest BCUT2D eigenvalue weighted by Crippen LogP contribution is -2.32. The Kier molecular flexibility index (Phi) is 6.69. The molecule has 1 aliphatic carbocycles. The molecule has 1 nitrogen and oxygen atoms in total. The smallest absolute Gasteiger partial charge is 0.124 e. The van der Waals surface area contributed by atoms with Crippen LogP contribution < -0.4 is 5.32 Å². The van der Waals surface area contributed by atoms with Crippen LogP contribution >= 0.6 is 15.9 Å². The molecule has 0 spiro atoms. The molecule has 118 valence electrons. The quantitative estimate of drug-likeness (QED) is 0.675. The molecule has 1 saturated carbocycles. The summed E-state index contributed by atoms with van der Waals surface area (Å²) in [6, 6.07) is 5.47. The predicted octanol–water partition coefficient (Wildman–Crippen LogP) is 5.85. The third-order valence-electron chi connectivity index (χ3n) is 4.78. The molecule has 0 amide bonds. The van der Waals surface area contributed by atoms with Crippen molar-refractivity contribution in [1.29, 1.82) is 0 Å². The number of nitrogens with one attached hydrogen (secondary N) is 1. The number of hydrogen-bond acceptors (Lipinski definition) is 1. The Morgan fingerprint density at radius 2 is 2.14 bits per heavy atom. The van der Waals surface area contributed by atoms with Gasteiger partial charge in [-0.25, -0.2) is 4.39 Å². The molecule has 3 atom stereocenters. The highest BCUT2D eigenvalue weighted by molar-refractivity contribution is 9.10. The van der Waals surface area contributed by atoms with E-state index in [2.05, 4.69) is 35.1 Å². The second kappa shape index (κ2) is 8.28. The van der Waals surface area contributed by atoms with Gasteiger partial charge in [0.15, 0.2) is 0 Å².